The van der Waals surface area contributed by atoms with Crippen LogP contribution in [0.4, 0.5) is 14.4 Å². The average molecular weight is 335 g/mol. The molecule has 0 fully saturated rings. The summed E-state index contributed by atoms with van der Waals surface area (Å²) < 4.78 is 50.5. The van der Waals surface area contributed by atoms with Crippen LogP contribution in [-0.2, 0) is 19.7 Å². The molecule has 1 aromatic rings. The number of methoxy groups -OCH3 is 1. The molecular weight excluding hydrogens is 317 g/mol. The maximum Gasteiger partial charge on any atom is 0.412 e. The number of anilines is 1. The van der Waals surface area contributed by atoms with Gasteiger partial charge in [0.15, 0.2) is 6.79 Å². The van der Waals surface area contributed by atoms with Gasteiger partial charge in [-0.15, -0.1) is 3.89 Å². The van der Waals surface area contributed by atoms with Crippen LogP contribution in [-0.4, -0.2) is 34.0 Å². The number of hydrogen-bond acceptors (Lipinski definition) is 6. The molecule has 124 valence electrons. The lowest BCUT2D eigenvalue weighted by molar-refractivity contribution is 0.0509. The normalized spacial score (nSPS) is 11.9. The number of carbonyl (C=O) groups excluding carboxylic acids is 1. The first kappa shape index (κ1) is 18.2. The Bertz CT molecular complexity index is 638. The minimum absolute atomic E-state index is 0.0767. The molecule has 0 aliphatic carbocycles. The molecule has 0 saturated heterocycles. The summed E-state index contributed by atoms with van der Waals surface area (Å²) in [5.74, 6) is 0.0767. The molecule has 0 saturated carbocycles. The van der Waals surface area contributed by atoms with Crippen LogP contribution < -0.4 is 10.1 Å². The number of nitrogens with one attached hydrogen (secondary N) is 1. The SMILES string of the molecule is COCOc1ccc(NC(=O)OC(C)(C)C)c(S(=O)(=O)F)c1. The van der Waals surface area contributed by atoms with Crippen molar-refractivity contribution < 1.29 is 31.3 Å². The molecular formula is C13H18FNO6S. The molecule has 0 radical (unpaired) electrons. The standard InChI is InChI=1S/C13H18FNO6S/c1-13(2,3)21-12(16)15-10-6-5-9(20-8-19-4)7-11(10)22(14,17)18/h5-7H,8H2,1-4H3,(H,15,16). The van der Waals surface area contributed by atoms with Crippen molar-refractivity contribution in [3.63, 3.8) is 0 Å². The van der Waals surface area contributed by atoms with Crippen molar-refractivity contribution >= 4 is 22.0 Å². The lowest BCUT2D eigenvalue weighted by Gasteiger charge is -2.20. The maximum atomic E-state index is 13.4. The Morgan fingerprint density at radius 1 is 1.32 bits per heavy atom. The van der Waals surface area contributed by atoms with Gasteiger partial charge in [-0.05, 0) is 32.9 Å². The Morgan fingerprint density at radius 3 is 2.45 bits per heavy atom. The Labute approximate surface area is 128 Å². The van der Waals surface area contributed by atoms with Gasteiger partial charge in [0.1, 0.15) is 16.2 Å². The topological polar surface area (TPSA) is 90.9 Å². The molecule has 22 heavy (non-hydrogen) atoms. The quantitative estimate of drug-likeness (QED) is 0.657. The van der Waals surface area contributed by atoms with Gasteiger partial charge in [0.05, 0.1) is 5.69 Å². The van der Waals surface area contributed by atoms with Crippen LogP contribution in [0.25, 0.3) is 0 Å². The average Bonchev–Trinajstić information content (AvgIpc) is 2.33. The van der Waals surface area contributed by atoms with E-state index in [1.807, 2.05) is 0 Å². The van der Waals surface area contributed by atoms with Crippen LogP contribution in [0, 0.1) is 0 Å². The lowest BCUT2D eigenvalue weighted by atomic mass is 10.2. The van der Waals surface area contributed by atoms with E-state index in [1.54, 1.807) is 20.8 Å². The predicted molar refractivity (Wildman–Crippen MR) is 77.1 cm³/mol. The van der Waals surface area contributed by atoms with Crippen LogP contribution in [0.1, 0.15) is 20.8 Å². The van der Waals surface area contributed by atoms with Crippen molar-refractivity contribution in [1.82, 2.24) is 0 Å². The molecule has 0 aliphatic rings. The number of rotatable bonds is 5. The number of amides is 1. The highest BCUT2D eigenvalue weighted by atomic mass is 32.3. The molecule has 1 amide bonds. The highest BCUT2D eigenvalue weighted by Crippen LogP contribution is 2.28. The van der Waals surface area contributed by atoms with E-state index in [2.05, 4.69) is 10.1 Å². The number of hydrogen-bond donors (Lipinski definition) is 1. The van der Waals surface area contributed by atoms with E-state index in [0.717, 1.165) is 6.07 Å². The summed E-state index contributed by atoms with van der Waals surface area (Å²) in [6, 6.07) is 3.50. The Balaban J connectivity index is 3.06. The summed E-state index contributed by atoms with van der Waals surface area (Å²) in [6.45, 7) is 4.79. The van der Waals surface area contributed by atoms with E-state index >= 15 is 0 Å². The largest absolute Gasteiger partial charge is 0.468 e. The molecule has 0 atom stereocenters. The lowest BCUT2D eigenvalue weighted by Crippen LogP contribution is -2.27. The molecule has 1 N–H and O–H groups in total. The molecule has 1 rings (SSSR count). The minimum atomic E-state index is -5.06. The predicted octanol–water partition coefficient (Wildman–Crippen LogP) is 2.67. The van der Waals surface area contributed by atoms with Crippen LogP contribution in [0.2, 0.25) is 0 Å². The van der Waals surface area contributed by atoms with E-state index in [0.29, 0.717) is 0 Å². The summed E-state index contributed by atoms with van der Waals surface area (Å²) in [6.07, 6.45) is -0.900. The van der Waals surface area contributed by atoms with Crippen molar-refractivity contribution in [2.75, 3.05) is 19.2 Å². The number of ether oxygens (including phenoxy) is 3. The van der Waals surface area contributed by atoms with E-state index in [-0.39, 0.29) is 18.2 Å². The van der Waals surface area contributed by atoms with Crippen molar-refractivity contribution in [1.29, 1.82) is 0 Å². The third-order valence-corrected chi connectivity index (χ3v) is 3.06. The zero-order valence-corrected chi connectivity index (χ0v) is 13.5. The second-order valence-electron chi connectivity index (χ2n) is 5.27. The Morgan fingerprint density at radius 2 is 1.95 bits per heavy atom. The molecule has 0 spiro atoms. The van der Waals surface area contributed by atoms with Gasteiger partial charge in [-0.2, -0.15) is 8.42 Å². The van der Waals surface area contributed by atoms with Crippen molar-refractivity contribution in [3.05, 3.63) is 18.2 Å². The molecule has 0 bridgehead atoms. The smallest absolute Gasteiger partial charge is 0.412 e. The van der Waals surface area contributed by atoms with Gasteiger partial charge in [-0.3, -0.25) is 5.32 Å². The van der Waals surface area contributed by atoms with Gasteiger partial charge in [-0.25, -0.2) is 4.79 Å². The fourth-order valence-corrected chi connectivity index (χ4v) is 2.08. The Hall–Kier alpha value is -1.87. The van der Waals surface area contributed by atoms with Gasteiger partial charge < -0.3 is 14.2 Å². The van der Waals surface area contributed by atoms with Gasteiger partial charge in [-0.1, -0.05) is 0 Å². The highest BCUT2D eigenvalue weighted by molar-refractivity contribution is 7.86. The van der Waals surface area contributed by atoms with Gasteiger partial charge >= 0.3 is 16.3 Å². The van der Waals surface area contributed by atoms with Crippen molar-refractivity contribution in [3.8, 4) is 5.75 Å². The molecule has 0 aliphatic heterocycles. The zero-order chi connectivity index (χ0) is 17.0. The molecule has 7 nitrogen and oxygen atoms in total. The van der Waals surface area contributed by atoms with Crippen molar-refractivity contribution in [2.24, 2.45) is 0 Å². The van der Waals surface area contributed by atoms with E-state index in [9.17, 15) is 17.1 Å². The fourth-order valence-electron chi connectivity index (χ4n) is 1.44. The molecule has 9 heteroatoms. The van der Waals surface area contributed by atoms with E-state index in [1.165, 1.54) is 19.2 Å². The molecule has 1 aromatic carbocycles. The first-order valence-electron chi connectivity index (χ1n) is 6.23. The van der Waals surface area contributed by atoms with Crippen LogP contribution in [0.3, 0.4) is 0 Å². The van der Waals surface area contributed by atoms with Crippen LogP contribution in [0.15, 0.2) is 23.1 Å². The summed E-state index contributed by atoms with van der Waals surface area (Å²) >= 11 is 0. The van der Waals surface area contributed by atoms with Gasteiger partial charge in [0.2, 0.25) is 0 Å². The summed E-state index contributed by atoms with van der Waals surface area (Å²) in [5, 5.41) is 2.19. The fraction of sp³-hybridized carbons (Fsp3) is 0.462. The van der Waals surface area contributed by atoms with E-state index < -0.39 is 26.8 Å². The third-order valence-electron chi connectivity index (χ3n) is 2.19. The summed E-state index contributed by atoms with van der Waals surface area (Å²) in [7, 11) is -3.68. The second kappa shape index (κ2) is 6.93. The van der Waals surface area contributed by atoms with Crippen LogP contribution in [0.5, 0.6) is 5.75 Å². The molecule has 0 unspecified atom stereocenters. The number of carbonyl (C=O) groups is 1. The summed E-state index contributed by atoms with van der Waals surface area (Å²) in [5.41, 5.74) is -1.03. The monoisotopic (exact) mass is 335 g/mol. The number of benzene rings is 1. The van der Waals surface area contributed by atoms with Crippen molar-refractivity contribution in [2.45, 2.75) is 31.3 Å². The summed E-state index contributed by atoms with van der Waals surface area (Å²) in [4.78, 5) is 10.9. The Kier molecular flexibility index (Phi) is 5.72. The third kappa shape index (κ3) is 5.86. The second-order valence-corrected chi connectivity index (χ2v) is 6.59. The van der Waals surface area contributed by atoms with Gasteiger partial charge in [0.25, 0.3) is 0 Å². The zero-order valence-electron chi connectivity index (χ0n) is 12.7. The minimum Gasteiger partial charge on any atom is -0.468 e. The van der Waals surface area contributed by atoms with Gasteiger partial charge in [0, 0.05) is 13.2 Å². The van der Waals surface area contributed by atoms with E-state index in [4.69, 9.17) is 9.47 Å². The maximum absolute atomic E-state index is 13.4. The molecule has 0 heterocycles. The number of halogens is 1. The highest BCUT2D eigenvalue weighted by Gasteiger charge is 2.22. The molecule has 0 aromatic heterocycles. The first-order chi connectivity index (χ1) is 10.0. The van der Waals surface area contributed by atoms with Crippen LogP contribution >= 0.6 is 0 Å². The first-order valence-corrected chi connectivity index (χ1v) is 7.62.